The summed E-state index contributed by atoms with van der Waals surface area (Å²) >= 11 is 0. The maximum Gasteiger partial charge on any atom is 0.213 e. The second-order valence-corrected chi connectivity index (χ2v) is 5.21. The highest BCUT2D eigenvalue weighted by atomic mass is 19.1. The fraction of sp³-hybridized carbons (Fsp3) is 0.222. The quantitative estimate of drug-likeness (QED) is 0.665. The third-order valence-corrected chi connectivity index (χ3v) is 3.82. The Morgan fingerprint density at radius 2 is 1.74 bits per heavy atom. The molecule has 0 N–H and O–H groups in total. The van der Waals surface area contributed by atoms with Crippen molar-refractivity contribution in [2.75, 3.05) is 0 Å². The first-order valence-electron chi connectivity index (χ1n) is 7.61. The van der Waals surface area contributed by atoms with E-state index >= 15 is 0 Å². The topological polar surface area (TPSA) is 30.7 Å². The van der Waals surface area contributed by atoms with Crippen molar-refractivity contribution < 1.29 is 8.78 Å². The molecule has 0 amide bonds. The molecule has 0 bridgehead atoms. The summed E-state index contributed by atoms with van der Waals surface area (Å²) in [7, 11) is 0. The predicted octanol–water partition coefficient (Wildman–Crippen LogP) is 4.47. The van der Waals surface area contributed by atoms with Crippen molar-refractivity contribution in [2.45, 2.75) is 26.8 Å². The number of benzene rings is 1. The Hall–Kier alpha value is -2.56. The monoisotopic (exact) mass is 313 g/mol. The molecule has 1 aromatic carbocycles. The lowest BCUT2D eigenvalue weighted by Crippen LogP contribution is -2.02. The molecule has 0 radical (unpaired) electrons. The highest BCUT2D eigenvalue weighted by molar-refractivity contribution is 5.82. The van der Waals surface area contributed by atoms with Gasteiger partial charge in [-0.05, 0) is 49.2 Å². The third-order valence-electron chi connectivity index (χ3n) is 3.82. The van der Waals surface area contributed by atoms with Gasteiger partial charge in [-0.3, -0.25) is 4.68 Å². The minimum Gasteiger partial charge on any atom is -0.269 e. The molecular formula is C18H17F2N3. The number of hydrogen-bond donors (Lipinski definition) is 0. The van der Waals surface area contributed by atoms with Crippen molar-refractivity contribution in [3.63, 3.8) is 0 Å². The first-order valence-corrected chi connectivity index (χ1v) is 7.61. The predicted molar refractivity (Wildman–Crippen MR) is 85.9 cm³/mol. The summed E-state index contributed by atoms with van der Waals surface area (Å²) in [6, 6.07) is 9.37. The molecule has 0 saturated carbocycles. The summed E-state index contributed by atoms with van der Waals surface area (Å²) in [5.74, 6) is -0.824. The molecule has 0 spiro atoms. The molecule has 3 nitrogen and oxygen atoms in total. The average molecular weight is 313 g/mol. The van der Waals surface area contributed by atoms with Crippen LogP contribution in [0, 0.1) is 11.8 Å². The van der Waals surface area contributed by atoms with Gasteiger partial charge < -0.3 is 0 Å². The van der Waals surface area contributed by atoms with Gasteiger partial charge in [-0.1, -0.05) is 6.92 Å². The van der Waals surface area contributed by atoms with Crippen LogP contribution in [0.15, 0.2) is 42.6 Å². The molecule has 0 fully saturated rings. The summed E-state index contributed by atoms with van der Waals surface area (Å²) in [4.78, 5) is 3.62. The normalized spacial score (nSPS) is 11.0. The third kappa shape index (κ3) is 2.86. The Kier molecular flexibility index (Phi) is 4.19. The van der Waals surface area contributed by atoms with E-state index in [-0.39, 0.29) is 5.82 Å². The van der Waals surface area contributed by atoms with Crippen molar-refractivity contribution >= 4 is 0 Å². The molecule has 0 atom stereocenters. The molecule has 0 aliphatic rings. The Labute approximate surface area is 133 Å². The van der Waals surface area contributed by atoms with Gasteiger partial charge in [0.05, 0.1) is 0 Å². The van der Waals surface area contributed by atoms with Crippen LogP contribution in [-0.2, 0) is 13.0 Å². The van der Waals surface area contributed by atoms with E-state index in [9.17, 15) is 8.78 Å². The van der Waals surface area contributed by atoms with Crippen LogP contribution in [0.2, 0.25) is 0 Å². The van der Waals surface area contributed by atoms with Gasteiger partial charge in [0.1, 0.15) is 11.5 Å². The number of pyridine rings is 1. The SMILES string of the molecule is CCc1c(-c2ccnc(F)c2)c(-c2ccc(F)cc2)nn1CC. The maximum atomic E-state index is 13.6. The van der Waals surface area contributed by atoms with Gasteiger partial charge in [-0.2, -0.15) is 9.49 Å². The van der Waals surface area contributed by atoms with Crippen LogP contribution in [0.5, 0.6) is 0 Å². The number of hydrogen-bond acceptors (Lipinski definition) is 2. The van der Waals surface area contributed by atoms with Crippen molar-refractivity contribution in [3.8, 4) is 22.4 Å². The van der Waals surface area contributed by atoms with Crippen molar-refractivity contribution in [3.05, 3.63) is 60.1 Å². The molecule has 0 aliphatic heterocycles. The van der Waals surface area contributed by atoms with Gasteiger partial charge in [-0.25, -0.2) is 9.37 Å². The van der Waals surface area contributed by atoms with E-state index in [1.807, 2.05) is 18.5 Å². The van der Waals surface area contributed by atoms with Crippen molar-refractivity contribution in [1.29, 1.82) is 0 Å². The summed E-state index contributed by atoms with van der Waals surface area (Å²) < 4.78 is 28.7. The zero-order valence-corrected chi connectivity index (χ0v) is 13.1. The molecular weight excluding hydrogens is 296 g/mol. The Bertz CT molecular complexity index is 823. The highest BCUT2D eigenvalue weighted by Gasteiger charge is 2.19. The molecule has 0 saturated heterocycles. The minimum absolute atomic E-state index is 0.295. The first kappa shape index (κ1) is 15.3. The van der Waals surface area contributed by atoms with Crippen LogP contribution in [0.4, 0.5) is 8.78 Å². The molecule has 23 heavy (non-hydrogen) atoms. The zero-order chi connectivity index (χ0) is 16.4. The van der Waals surface area contributed by atoms with E-state index in [1.165, 1.54) is 24.4 Å². The molecule has 118 valence electrons. The second kappa shape index (κ2) is 6.28. The smallest absolute Gasteiger partial charge is 0.213 e. The number of rotatable bonds is 4. The van der Waals surface area contributed by atoms with Crippen LogP contribution < -0.4 is 0 Å². The van der Waals surface area contributed by atoms with Crippen molar-refractivity contribution in [1.82, 2.24) is 14.8 Å². The second-order valence-electron chi connectivity index (χ2n) is 5.21. The van der Waals surface area contributed by atoms with Crippen LogP contribution in [0.3, 0.4) is 0 Å². The lowest BCUT2D eigenvalue weighted by atomic mass is 9.98. The van der Waals surface area contributed by atoms with Crippen LogP contribution in [-0.4, -0.2) is 14.8 Å². The first-order chi connectivity index (χ1) is 11.1. The van der Waals surface area contributed by atoms with E-state index in [4.69, 9.17) is 0 Å². The zero-order valence-electron chi connectivity index (χ0n) is 13.1. The molecule has 0 unspecified atom stereocenters. The average Bonchev–Trinajstić information content (AvgIpc) is 2.94. The number of aryl methyl sites for hydroxylation is 1. The van der Waals surface area contributed by atoms with Gasteiger partial charge >= 0.3 is 0 Å². The fourth-order valence-corrected chi connectivity index (χ4v) is 2.79. The van der Waals surface area contributed by atoms with Gasteiger partial charge in [0.2, 0.25) is 5.95 Å². The summed E-state index contributed by atoms with van der Waals surface area (Å²) in [6.07, 6.45) is 2.21. The number of nitrogens with zero attached hydrogens (tertiary/aromatic N) is 3. The standard InChI is InChI=1S/C18H17F2N3/c1-3-15-17(13-9-10-21-16(20)11-13)18(22-23(15)4-2)12-5-7-14(19)8-6-12/h5-11H,3-4H2,1-2H3. The summed E-state index contributed by atoms with van der Waals surface area (Å²) in [6.45, 7) is 4.76. The molecule has 5 heteroatoms. The van der Waals surface area contributed by atoms with Gasteiger partial charge in [0.15, 0.2) is 0 Å². The Balaban J connectivity index is 2.27. The fourth-order valence-electron chi connectivity index (χ4n) is 2.79. The molecule has 2 aromatic heterocycles. The van der Waals surface area contributed by atoms with E-state index in [1.54, 1.807) is 18.2 Å². The summed E-state index contributed by atoms with van der Waals surface area (Å²) in [5, 5.41) is 4.66. The number of aromatic nitrogens is 3. The highest BCUT2D eigenvalue weighted by Crippen LogP contribution is 2.35. The maximum absolute atomic E-state index is 13.6. The largest absolute Gasteiger partial charge is 0.269 e. The van der Waals surface area contributed by atoms with Gasteiger partial charge in [-0.15, -0.1) is 0 Å². The minimum atomic E-state index is -0.529. The Morgan fingerprint density at radius 1 is 1.00 bits per heavy atom. The van der Waals surface area contributed by atoms with E-state index in [0.29, 0.717) is 6.54 Å². The molecule has 0 aliphatic carbocycles. The lowest BCUT2D eigenvalue weighted by Gasteiger charge is -2.07. The van der Waals surface area contributed by atoms with Crippen molar-refractivity contribution in [2.24, 2.45) is 0 Å². The van der Waals surface area contributed by atoms with Crippen LogP contribution in [0.25, 0.3) is 22.4 Å². The van der Waals surface area contributed by atoms with Crippen LogP contribution >= 0.6 is 0 Å². The number of halogens is 2. The van der Waals surface area contributed by atoms with Gasteiger partial charge in [0, 0.05) is 35.6 Å². The van der Waals surface area contributed by atoms with Gasteiger partial charge in [0.25, 0.3) is 0 Å². The summed E-state index contributed by atoms with van der Waals surface area (Å²) in [5.41, 5.74) is 4.17. The molecule has 3 rings (SSSR count). The van der Waals surface area contributed by atoms with E-state index in [0.717, 1.165) is 34.5 Å². The Morgan fingerprint density at radius 3 is 2.35 bits per heavy atom. The van der Waals surface area contributed by atoms with E-state index in [2.05, 4.69) is 10.1 Å². The molecule has 3 aromatic rings. The van der Waals surface area contributed by atoms with Crippen LogP contribution in [0.1, 0.15) is 19.5 Å². The molecule has 2 heterocycles. The van der Waals surface area contributed by atoms with E-state index < -0.39 is 5.95 Å². The lowest BCUT2D eigenvalue weighted by molar-refractivity contribution is 0.584.